The number of hydrogen-bond donors (Lipinski definition) is 4. The van der Waals surface area contributed by atoms with Crippen molar-refractivity contribution in [2.24, 2.45) is 67.0 Å². The molecule has 4 N–H and O–H groups in total. The van der Waals surface area contributed by atoms with E-state index in [9.17, 15) is 39.6 Å². The maximum atomic E-state index is 11.6. The second-order valence-electron chi connectivity index (χ2n) is 50.0. The third-order valence-corrected chi connectivity index (χ3v) is 37.7. The van der Waals surface area contributed by atoms with Gasteiger partial charge >= 0.3 is 23.9 Å². The van der Waals surface area contributed by atoms with Crippen molar-refractivity contribution in [3.05, 3.63) is 356 Å². The summed E-state index contributed by atoms with van der Waals surface area (Å²) in [6.45, 7) is 20.7. The molecule has 140 heavy (non-hydrogen) atoms. The van der Waals surface area contributed by atoms with Crippen LogP contribution in [0.1, 0.15) is 318 Å². The summed E-state index contributed by atoms with van der Waals surface area (Å²) < 4.78 is 25.6. The number of benzene rings is 12. The van der Waals surface area contributed by atoms with Crippen LogP contribution in [0.3, 0.4) is 0 Å². The standard InChI is InChI=1S/2C63H62O6.2ClH/c2*1-57-27-39-28-58(2,33-57)36-61(31-39,35-57)45-13-23-51-52-24-14-46(62-32-40-29-59(3,37-62)34-60(4,30-40)38-62)26-54(52)63(53(51)25-45,43-9-19-49(20-10-43)68-47-15-5-41(6-16-47)55(64)65)44-11-21-50(22-12-44)69-48-17-7-42(8-18-48)56(66)67;;/h2*5-26,39-40H,27-38H2,1-4H3,(H,64,65)(H,66,67);2*1H. The minimum Gasteiger partial charge on any atom is -0.478 e. The zero-order chi connectivity index (χ0) is 94.7. The molecule has 12 nitrogen and oxygen atoms in total. The van der Waals surface area contributed by atoms with Crippen molar-refractivity contribution in [2.45, 2.75) is 242 Å². The van der Waals surface area contributed by atoms with Gasteiger partial charge in [0.1, 0.15) is 46.0 Å². The fraction of sp³-hybridized carbons (Fsp3) is 0.397. The summed E-state index contributed by atoms with van der Waals surface area (Å²) in [6, 6.07) is 91.7. The maximum absolute atomic E-state index is 11.6. The summed E-state index contributed by atoms with van der Waals surface area (Å²) in [5.74, 6) is 4.24. The summed E-state index contributed by atoms with van der Waals surface area (Å²) in [7, 11) is 0. The molecule has 16 bridgehead atoms. The topological polar surface area (TPSA) is 186 Å². The lowest BCUT2D eigenvalue weighted by molar-refractivity contribution is -0.110. The van der Waals surface area contributed by atoms with Gasteiger partial charge in [-0.2, -0.15) is 0 Å². The summed E-state index contributed by atoms with van der Waals surface area (Å²) in [4.78, 5) is 46.6. The van der Waals surface area contributed by atoms with E-state index in [1.54, 1.807) is 97.1 Å². The Hall–Kier alpha value is -11.7. The molecule has 0 heterocycles. The highest BCUT2D eigenvalue weighted by Crippen LogP contribution is 2.76. The normalized spacial score (nSPS) is 32.2. The van der Waals surface area contributed by atoms with Gasteiger partial charge in [0.05, 0.1) is 33.1 Å². The fourth-order valence-electron chi connectivity index (χ4n) is 36.9. The fourth-order valence-corrected chi connectivity index (χ4v) is 36.9. The monoisotopic (exact) mass is 1900 g/mol. The van der Waals surface area contributed by atoms with Crippen molar-refractivity contribution in [1.29, 1.82) is 0 Å². The van der Waals surface area contributed by atoms with E-state index < -0.39 is 34.7 Å². The Morgan fingerprint density at radius 2 is 0.357 bits per heavy atom. The molecule has 0 saturated heterocycles. The molecular weight excluding hydrogens is 1780 g/mol. The first-order chi connectivity index (χ1) is 65.9. The number of ether oxygens (including phenoxy) is 4. The molecule has 18 aliphatic carbocycles. The summed E-state index contributed by atoms with van der Waals surface area (Å²) in [6.07, 6.45) is 31.2. The average molecular weight is 1900 g/mol. The Morgan fingerprint density at radius 3 is 0.507 bits per heavy atom. The van der Waals surface area contributed by atoms with Gasteiger partial charge in [0.25, 0.3) is 0 Å². The summed E-state index contributed by atoms with van der Waals surface area (Å²) >= 11 is 0. The zero-order valence-corrected chi connectivity index (χ0v) is 83.2. The van der Waals surface area contributed by atoms with Gasteiger partial charge in [0, 0.05) is 0 Å². The molecule has 12 aromatic carbocycles. The second kappa shape index (κ2) is 31.9. The molecule has 0 aromatic heterocycles. The molecule has 0 aliphatic heterocycles. The second-order valence-corrected chi connectivity index (χ2v) is 50.0. The number of carboxylic acid groups (broad SMARTS) is 4. The SMILES string of the molecule is CC12CC3CC(C)(C1)CC(c1ccc4c(c1)C(c1ccc(Oc5ccc(C(=O)O)cc5)cc1)(c1ccc(Oc5ccc(C(=O)O)cc5)cc1)c1cc(C56CC7CC(C)(CC(C)(C7)C5)C6)ccc1-4)(C3)C2.CC12CC3CC(C)(C1)CC(c1ccc4c(c1)C(c1ccc(Oc5ccc(C(=O)O)cc5)cc1)(c1ccc(Oc5ccc(C(=O)O)cc5)cc1)c1cc(C56CC7CC(C)(CC(C)(C7)C5)C6)ccc1-4)(C3)C2.Cl.Cl. The van der Waals surface area contributed by atoms with E-state index in [-0.39, 0.29) is 68.7 Å². The van der Waals surface area contributed by atoms with Gasteiger partial charge in [-0.25, -0.2) is 19.2 Å². The van der Waals surface area contributed by atoms with E-state index in [2.05, 4.69) is 225 Å². The number of carboxylic acids is 4. The van der Waals surface area contributed by atoms with Crippen molar-refractivity contribution >= 4 is 48.7 Å². The number of rotatable bonds is 20. The Labute approximate surface area is 834 Å². The lowest BCUT2D eigenvalue weighted by Crippen LogP contribution is -2.56. The molecule has 12 aromatic rings. The highest BCUT2D eigenvalue weighted by atomic mass is 35.5. The molecule has 0 amide bonds. The molecule has 16 saturated carbocycles. The molecule has 8 atom stereocenters. The summed E-state index contributed by atoms with van der Waals surface area (Å²) in [5.41, 5.74) is 24.1. The molecule has 8 unspecified atom stereocenters. The highest BCUT2D eigenvalue weighted by molar-refractivity contribution is 5.92. The average Bonchev–Trinajstić information content (AvgIpc) is 1.47. The van der Waals surface area contributed by atoms with Crippen LogP contribution < -0.4 is 18.9 Å². The third-order valence-electron chi connectivity index (χ3n) is 37.7. The summed E-state index contributed by atoms with van der Waals surface area (Å²) in [5, 5.41) is 38.2. The van der Waals surface area contributed by atoms with E-state index in [4.69, 9.17) is 18.9 Å². The molecule has 16 fully saturated rings. The first-order valence-corrected chi connectivity index (χ1v) is 51.0. The number of carbonyl (C=O) groups is 4. The lowest BCUT2D eigenvalue weighted by Gasteiger charge is -2.65. The Bertz CT molecular complexity index is 6130. The first kappa shape index (κ1) is 92.0. The van der Waals surface area contributed by atoms with Crippen LogP contribution in [0.15, 0.2) is 267 Å². The van der Waals surface area contributed by atoms with Crippen molar-refractivity contribution in [1.82, 2.24) is 0 Å². The van der Waals surface area contributed by atoms with Crippen LogP contribution in [0.2, 0.25) is 0 Å². The number of aromatic carboxylic acids is 4. The van der Waals surface area contributed by atoms with Crippen molar-refractivity contribution in [3.63, 3.8) is 0 Å². The predicted octanol–water partition coefficient (Wildman–Crippen LogP) is 31.9. The highest BCUT2D eigenvalue weighted by Gasteiger charge is 2.66. The number of fused-ring (bicyclic) bond motifs is 6. The molecule has 0 spiro atoms. The number of hydrogen-bond acceptors (Lipinski definition) is 8. The van der Waals surface area contributed by atoms with E-state index >= 15 is 0 Å². The predicted molar refractivity (Wildman–Crippen MR) is 552 cm³/mol. The minimum absolute atomic E-state index is 0. The molecule has 716 valence electrons. The van der Waals surface area contributed by atoms with Crippen LogP contribution >= 0.6 is 24.8 Å². The van der Waals surface area contributed by atoms with Gasteiger partial charge in [-0.3, -0.25) is 0 Å². The van der Waals surface area contributed by atoms with Crippen molar-refractivity contribution in [3.8, 4) is 68.2 Å². The Morgan fingerprint density at radius 1 is 0.207 bits per heavy atom. The van der Waals surface area contributed by atoms with Crippen molar-refractivity contribution in [2.75, 3.05) is 0 Å². The quantitative estimate of drug-likeness (QED) is 0.0567. The van der Waals surface area contributed by atoms with Gasteiger partial charge in [0.2, 0.25) is 0 Å². The van der Waals surface area contributed by atoms with E-state index in [1.807, 2.05) is 0 Å². The van der Waals surface area contributed by atoms with Gasteiger partial charge in [-0.15, -0.1) is 24.8 Å². The van der Waals surface area contributed by atoms with Crippen LogP contribution in [-0.2, 0) is 32.5 Å². The smallest absolute Gasteiger partial charge is 0.335 e. The molecule has 18 aliphatic rings. The van der Waals surface area contributed by atoms with Crippen LogP contribution in [0, 0.1) is 67.0 Å². The largest absolute Gasteiger partial charge is 0.478 e. The Balaban J connectivity index is 0.000000154. The molecule has 14 heteroatoms. The van der Waals surface area contributed by atoms with Crippen LogP contribution in [0.4, 0.5) is 0 Å². The van der Waals surface area contributed by atoms with Gasteiger partial charge in [-0.1, -0.05) is 177 Å². The van der Waals surface area contributed by atoms with E-state index in [0.29, 0.717) is 89.3 Å². The van der Waals surface area contributed by atoms with Gasteiger partial charge < -0.3 is 39.4 Å². The van der Waals surface area contributed by atoms with Gasteiger partial charge in [-0.05, 0) is 477 Å². The van der Waals surface area contributed by atoms with Crippen LogP contribution in [0.5, 0.6) is 46.0 Å². The van der Waals surface area contributed by atoms with Crippen LogP contribution in [-0.4, -0.2) is 44.3 Å². The first-order valence-electron chi connectivity index (χ1n) is 51.0. The Kier molecular flexibility index (Phi) is 21.0. The maximum Gasteiger partial charge on any atom is 0.335 e. The number of halogens is 2. The molecule has 0 radical (unpaired) electrons. The van der Waals surface area contributed by atoms with Crippen molar-refractivity contribution < 1.29 is 58.6 Å². The third kappa shape index (κ3) is 14.9. The molecule has 30 rings (SSSR count). The molecular formula is C126H126Cl2O12. The zero-order valence-electron chi connectivity index (χ0n) is 81.6. The lowest BCUT2D eigenvalue weighted by atomic mass is 9.39. The van der Waals surface area contributed by atoms with E-state index in [0.717, 1.165) is 45.9 Å². The van der Waals surface area contributed by atoms with Gasteiger partial charge in [0.15, 0.2) is 0 Å². The van der Waals surface area contributed by atoms with Crippen LogP contribution in [0.25, 0.3) is 22.3 Å². The minimum atomic E-state index is -0.966. The van der Waals surface area contributed by atoms with E-state index in [1.165, 1.54) is 221 Å².